The molecule has 0 spiro atoms. The molecule has 2 aromatic rings. The van der Waals surface area contributed by atoms with E-state index in [-0.39, 0.29) is 24.5 Å². The normalized spacial score (nSPS) is 18.9. The topological polar surface area (TPSA) is 52.6 Å². The summed E-state index contributed by atoms with van der Waals surface area (Å²) in [4.78, 5) is 13.7. The van der Waals surface area contributed by atoms with Gasteiger partial charge in [-0.1, -0.05) is 42.2 Å². The van der Waals surface area contributed by atoms with E-state index in [1.54, 1.807) is 11.9 Å². The number of rotatable bonds is 4. The minimum atomic E-state index is -0.137. The number of carbonyl (C=O) groups excluding carboxylic acids is 1. The number of likely N-dealkylation sites (tertiary alicyclic amines) is 1. The fraction of sp³-hybridized carbons (Fsp3) is 0.286. The van der Waals surface area contributed by atoms with Crippen molar-refractivity contribution in [3.63, 3.8) is 0 Å². The molecule has 1 aliphatic rings. The van der Waals surface area contributed by atoms with Gasteiger partial charge in [0.1, 0.15) is 0 Å². The molecule has 0 bridgehead atoms. The quantitative estimate of drug-likeness (QED) is 0.835. The average molecular weight is 334 g/mol. The Morgan fingerprint density at radius 2 is 1.76 bits per heavy atom. The smallest absolute Gasteiger partial charge is 0.236 e. The molecule has 0 saturated carbocycles. The summed E-state index contributed by atoms with van der Waals surface area (Å²) in [6.07, 6.45) is 0. The van der Waals surface area contributed by atoms with Gasteiger partial charge < -0.3 is 15.3 Å². The lowest BCUT2D eigenvalue weighted by molar-refractivity contribution is -0.141. The molecule has 0 aliphatic carbocycles. The van der Waals surface area contributed by atoms with Gasteiger partial charge in [-0.05, 0) is 36.9 Å². The Morgan fingerprint density at radius 3 is 2.36 bits per heavy atom. The Morgan fingerprint density at radius 1 is 1.12 bits per heavy atom. The Bertz CT molecular complexity index is 775. The van der Waals surface area contributed by atoms with Crippen molar-refractivity contribution in [2.45, 2.75) is 12.0 Å². The summed E-state index contributed by atoms with van der Waals surface area (Å²) in [6, 6.07) is 17.8. The Balaban J connectivity index is 1.67. The van der Waals surface area contributed by atoms with Crippen LogP contribution in [0.2, 0.25) is 0 Å². The van der Waals surface area contributed by atoms with Gasteiger partial charge in [0.2, 0.25) is 5.91 Å². The van der Waals surface area contributed by atoms with E-state index in [1.165, 1.54) is 0 Å². The van der Waals surface area contributed by atoms with Gasteiger partial charge in [0.05, 0.1) is 19.2 Å². The molecule has 3 rings (SSSR count). The molecule has 2 atom stereocenters. The van der Waals surface area contributed by atoms with Crippen LogP contribution in [0, 0.1) is 11.8 Å². The van der Waals surface area contributed by atoms with Crippen LogP contribution in [0.1, 0.15) is 22.6 Å². The highest BCUT2D eigenvalue weighted by Gasteiger charge is 2.41. The van der Waals surface area contributed by atoms with E-state index >= 15 is 0 Å². The lowest BCUT2D eigenvalue weighted by Crippen LogP contribution is -2.60. The lowest BCUT2D eigenvalue weighted by Gasteiger charge is -2.47. The number of carbonyl (C=O) groups is 1. The zero-order valence-electron chi connectivity index (χ0n) is 14.3. The number of amides is 1. The van der Waals surface area contributed by atoms with E-state index < -0.39 is 0 Å². The lowest BCUT2D eigenvalue weighted by atomic mass is 9.82. The second kappa shape index (κ2) is 7.98. The van der Waals surface area contributed by atoms with Gasteiger partial charge in [0, 0.05) is 23.6 Å². The van der Waals surface area contributed by atoms with E-state index in [0.717, 1.165) is 16.7 Å². The fourth-order valence-corrected chi connectivity index (χ4v) is 3.12. The number of nitrogens with zero attached hydrogens (tertiary/aromatic N) is 1. The predicted molar refractivity (Wildman–Crippen MR) is 98.1 cm³/mol. The standard InChI is InChI=1S/C21H22N2O2/c1-22-13-21(25)23-14-19(20(23)15-24)18-11-9-17(10-12-18)8-7-16-5-3-2-4-6-16/h2-6,9-12,19-20,22,24H,13-15H2,1H3. The van der Waals surface area contributed by atoms with Crippen molar-refractivity contribution in [1.82, 2.24) is 10.2 Å². The molecule has 4 heteroatoms. The number of hydrogen-bond acceptors (Lipinski definition) is 3. The number of nitrogens with one attached hydrogen (secondary N) is 1. The third kappa shape index (κ3) is 3.90. The fourth-order valence-electron chi connectivity index (χ4n) is 3.12. The Kier molecular flexibility index (Phi) is 5.49. The first kappa shape index (κ1) is 17.2. The Hall–Kier alpha value is -2.61. The van der Waals surface area contributed by atoms with E-state index in [4.69, 9.17) is 0 Å². The molecule has 1 fully saturated rings. The highest BCUT2D eigenvalue weighted by Crippen LogP contribution is 2.34. The summed E-state index contributed by atoms with van der Waals surface area (Å²) < 4.78 is 0. The van der Waals surface area contributed by atoms with Gasteiger partial charge in [-0.3, -0.25) is 4.79 Å². The van der Waals surface area contributed by atoms with E-state index in [1.807, 2.05) is 54.6 Å². The van der Waals surface area contributed by atoms with Crippen molar-refractivity contribution < 1.29 is 9.90 Å². The van der Waals surface area contributed by atoms with Crippen LogP contribution < -0.4 is 5.32 Å². The zero-order valence-corrected chi connectivity index (χ0v) is 14.3. The van der Waals surface area contributed by atoms with Crippen molar-refractivity contribution in [3.8, 4) is 11.8 Å². The average Bonchev–Trinajstić information content (AvgIpc) is 2.62. The van der Waals surface area contributed by atoms with Gasteiger partial charge in [-0.15, -0.1) is 0 Å². The van der Waals surface area contributed by atoms with Crippen LogP contribution in [0.4, 0.5) is 0 Å². The third-order valence-electron chi connectivity index (χ3n) is 4.56. The SMILES string of the molecule is CNCC(=O)N1CC(c2ccc(C#Cc3ccccc3)cc2)C1CO. The Labute approximate surface area is 148 Å². The number of aliphatic hydroxyl groups is 1. The van der Waals surface area contributed by atoms with Gasteiger partial charge >= 0.3 is 0 Å². The molecule has 128 valence electrons. The maximum Gasteiger partial charge on any atom is 0.236 e. The van der Waals surface area contributed by atoms with Crippen molar-refractivity contribution in [2.24, 2.45) is 0 Å². The number of aliphatic hydroxyl groups excluding tert-OH is 1. The monoisotopic (exact) mass is 334 g/mol. The highest BCUT2D eigenvalue weighted by molar-refractivity contribution is 5.80. The van der Waals surface area contributed by atoms with E-state index in [9.17, 15) is 9.90 Å². The van der Waals surface area contributed by atoms with Gasteiger partial charge in [-0.2, -0.15) is 0 Å². The molecule has 1 aliphatic heterocycles. The molecule has 1 amide bonds. The third-order valence-corrected chi connectivity index (χ3v) is 4.56. The van der Waals surface area contributed by atoms with Crippen LogP contribution in [0.15, 0.2) is 54.6 Å². The second-order valence-corrected chi connectivity index (χ2v) is 6.17. The molecule has 0 radical (unpaired) electrons. The largest absolute Gasteiger partial charge is 0.394 e. The summed E-state index contributed by atoms with van der Waals surface area (Å²) in [5.41, 5.74) is 3.08. The molecular weight excluding hydrogens is 312 g/mol. The van der Waals surface area contributed by atoms with Crippen molar-refractivity contribution in [3.05, 3.63) is 71.3 Å². The first-order chi connectivity index (χ1) is 12.2. The first-order valence-electron chi connectivity index (χ1n) is 8.45. The van der Waals surface area contributed by atoms with Crippen LogP contribution in [-0.4, -0.2) is 48.7 Å². The van der Waals surface area contributed by atoms with E-state index in [2.05, 4.69) is 17.2 Å². The van der Waals surface area contributed by atoms with Gasteiger partial charge in [0.25, 0.3) is 0 Å². The van der Waals surface area contributed by atoms with Crippen LogP contribution in [-0.2, 0) is 4.79 Å². The highest BCUT2D eigenvalue weighted by atomic mass is 16.3. The molecular formula is C21H22N2O2. The van der Waals surface area contributed by atoms with Crippen molar-refractivity contribution in [1.29, 1.82) is 0 Å². The maximum atomic E-state index is 12.0. The summed E-state index contributed by atoms with van der Waals surface area (Å²) in [6.45, 7) is 0.938. The predicted octanol–water partition coefficient (Wildman–Crippen LogP) is 1.59. The second-order valence-electron chi connectivity index (χ2n) is 6.17. The van der Waals surface area contributed by atoms with Crippen molar-refractivity contribution in [2.75, 3.05) is 26.7 Å². The molecule has 2 N–H and O–H groups in total. The summed E-state index contributed by atoms with van der Waals surface area (Å²) >= 11 is 0. The van der Waals surface area contributed by atoms with Crippen molar-refractivity contribution >= 4 is 5.91 Å². The molecule has 1 heterocycles. The van der Waals surface area contributed by atoms with Gasteiger partial charge in [0.15, 0.2) is 0 Å². The first-order valence-corrected chi connectivity index (χ1v) is 8.45. The van der Waals surface area contributed by atoms with Crippen LogP contribution in [0.5, 0.6) is 0 Å². The number of benzene rings is 2. The number of likely N-dealkylation sites (N-methyl/N-ethyl adjacent to an activating group) is 1. The van der Waals surface area contributed by atoms with E-state index in [0.29, 0.717) is 13.1 Å². The van der Waals surface area contributed by atoms with Crippen LogP contribution in [0.3, 0.4) is 0 Å². The molecule has 2 unspecified atom stereocenters. The molecule has 25 heavy (non-hydrogen) atoms. The maximum absolute atomic E-state index is 12.0. The molecule has 0 aromatic heterocycles. The minimum Gasteiger partial charge on any atom is -0.394 e. The van der Waals surface area contributed by atoms with Gasteiger partial charge in [-0.25, -0.2) is 0 Å². The molecule has 2 aromatic carbocycles. The molecule has 1 saturated heterocycles. The summed E-state index contributed by atoms with van der Waals surface area (Å²) in [7, 11) is 1.75. The minimum absolute atomic E-state index is 0.0182. The van der Waals surface area contributed by atoms with Crippen LogP contribution in [0.25, 0.3) is 0 Å². The molecule has 4 nitrogen and oxygen atoms in total. The number of hydrogen-bond donors (Lipinski definition) is 2. The zero-order chi connectivity index (χ0) is 17.6. The summed E-state index contributed by atoms with van der Waals surface area (Å²) in [5, 5.41) is 12.5. The summed E-state index contributed by atoms with van der Waals surface area (Å²) in [5.74, 6) is 6.52. The van der Waals surface area contributed by atoms with Crippen LogP contribution >= 0.6 is 0 Å².